The molecule has 2 aromatic carbocycles. The van der Waals surface area contributed by atoms with Gasteiger partial charge in [-0.2, -0.15) is 0 Å². The van der Waals surface area contributed by atoms with Gasteiger partial charge in [-0.05, 0) is 69.3 Å². The highest BCUT2D eigenvalue weighted by Crippen LogP contribution is 2.24. The van der Waals surface area contributed by atoms with Crippen LogP contribution in [0, 0.1) is 0 Å². The normalized spacial score (nSPS) is 10.7. The number of carbonyl (C=O) groups is 2. The molecule has 0 fully saturated rings. The molecule has 2 rings (SSSR count). The molecule has 0 amide bonds. The van der Waals surface area contributed by atoms with Gasteiger partial charge in [0.1, 0.15) is 22.8 Å². The maximum atomic E-state index is 11.6. The molecule has 0 aromatic heterocycles. The molecule has 0 aliphatic rings. The second kappa shape index (κ2) is 7.70. The van der Waals surface area contributed by atoms with Gasteiger partial charge in [0.25, 0.3) is 0 Å². The number of hydrogen-bond acceptors (Lipinski definition) is 6. The predicted octanol–water partition coefficient (Wildman–Crippen LogP) is 4.58. The Hall–Kier alpha value is -3.02. The number of esters is 1. The van der Waals surface area contributed by atoms with Crippen LogP contribution in [0.5, 0.6) is 17.2 Å². The molecule has 0 N–H and O–H groups in total. The van der Waals surface area contributed by atoms with Crippen molar-refractivity contribution < 1.29 is 28.5 Å². The number of carbonyl (C=O) groups excluding carboxylic acids is 2. The number of rotatable bonds is 4. The summed E-state index contributed by atoms with van der Waals surface area (Å²) in [6.07, 6.45) is -0.764. The Kier molecular flexibility index (Phi) is 5.64. The number of methoxy groups -OCH3 is 1. The zero-order chi connectivity index (χ0) is 18.4. The van der Waals surface area contributed by atoms with E-state index in [1.165, 1.54) is 7.11 Å². The standard InChI is InChI=1S/C19H20O6/c1-19(2,3)25-18(21)24-16-11-9-15(10-12-16)23-14-7-5-13(6-8-14)17(20)22-4/h5-12H,1-4H3. The Morgan fingerprint density at radius 2 is 1.28 bits per heavy atom. The summed E-state index contributed by atoms with van der Waals surface area (Å²) in [5, 5.41) is 0. The molecule has 6 heteroatoms. The third kappa shape index (κ3) is 5.84. The minimum absolute atomic E-state index is 0.350. The third-order valence-corrected chi connectivity index (χ3v) is 2.93. The molecule has 132 valence electrons. The average molecular weight is 344 g/mol. The molecule has 0 unspecified atom stereocenters. The second-order valence-corrected chi connectivity index (χ2v) is 6.16. The number of hydrogen-bond donors (Lipinski definition) is 0. The van der Waals surface area contributed by atoms with E-state index in [4.69, 9.17) is 14.2 Å². The molecule has 0 atom stereocenters. The van der Waals surface area contributed by atoms with Crippen LogP contribution < -0.4 is 9.47 Å². The molecule has 0 bridgehead atoms. The largest absolute Gasteiger partial charge is 0.514 e. The highest BCUT2D eigenvalue weighted by atomic mass is 16.7. The fraction of sp³-hybridized carbons (Fsp3) is 0.263. The summed E-state index contributed by atoms with van der Waals surface area (Å²) >= 11 is 0. The first kappa shape index (κ1) is 18.3. The molecular weight excluding hydrogens is 324 g/mol. The summed E-state index contributed by atoms with van der Waals surface area (Å²) in [6, 6.07) is 13.1. The van der Waals surface area contributed by atoms with Gasteiger partial charge in [-0.1, -0.05) is 0 Å². The Bertz CT molecular complexity index is 726. The smallest absolute Gasteiger partial charge is 0.465 e. The van der Waals surface area contributed by atoms with E-state index in [0.29, 0.717) is 22.8 Å². The zero-order valence-corrected chi connectivity index (χ0v) is 14.6. The molecule has 0 aliphatic heterocycles. The number of ether oxygens (including phenoxy) is 4. The van der Waals surface area contributed by atoms with Crippen molar-refractivity contribution in [2.24, 2.45) is 0 Å². The van der Waals surface area contributed by atoms with Crippen LogP contribution in [0.4, 0.5) is 4.79 Å². The van der Waals surface area contributed by atoms with Crippen LogP contribution in [0.2, 0.25) is 0 Å². The van der Waals surface area contributed by atoms with Gasteiger partial charge in [-0.3, -0.25) is 0 Å². The van der Waals surface area contributed by atoms with Crippen molar-refractivity contribution in [3.63, 3.8) is 0 Å². The van der Waals surface area contributed by atoms with Gasteiger partial charge >= 0.3 is 12.1 Å². The monoisotopic (exact) mass is 344 g/mol. The van der Waals surface area contributed by atoms with Gasteiger partial charge in [-0.15, -0.1) is 0 Å². The van der Waals surface area contributed by atoms with Crippen LogP contribution in [0.3, 0.4) is 0 Å². The first-order chi connectivity index (χ1) is 11.8. The van der Waals surface area contributed by atoms with E-state index in [-0.39, 0.29) is 0 Å². The van der Waals surface area contributed by atoms with Gasteiger partial charge in [0.2, 0.25) is 0 Å². The van der Waals surface area contributed by atoms with Crippen molar-refractivity contribution >= 4 is 12.1 Å². The summed E-state index contributed by atoms with van der Waals surface area (Å²) in [7, 11) is 1.33. The Balaban J connectivity index is 1.96. The fourth-order valence-electron chi connectivity index (χ4n) is 1.86. The fourth-order valence-corrected chi connectivity index (χ4v) is 1.86. The van der Waals surface area contributed by atoms with Crippen LogP contribution in [0.15, 0.2) is 48.5 Å². The maximum absolute atomic E-state index is 11.6. The molecule has 0 saturated carbocycles. The lowest BCUT2D eigenvalue weighted by atomic mass is 10.2. The molecule has 6 nitrogen and oxygen atoms in total. The quantitative estimate of drug-likeness (QED) is 0.597. The van der Waals surface area contributed by atoms with Crippen molar-refractivity contribution in [1.29, 1.82) is 0 Å². The lowest BCUT2D eigenvalue weighted by molar-refractivity contribution is 0.0206. The summed E-state index contributed by atoms with van der Waals surface area (Å²) in [6.45, 7) is 5.28. The van der Waals surface area contributed by atoms with E-state index in [0.717, 1.165) is 0 Å². The van der Waals surface area contributed by atoms with Gasteiger partial charge in [0.15, 0.2) is 0 Å². The van der Waals surface area contributed by atoms with E-state index in [9.17, 15) is 9.59 Å². The summed E-state index contributed by atoms with van der Waals surface area (Å²) in [5.41, 5.74) is -0.174. The van der Waals surface area contributed by atoms with Gasteiger partial charge in [-0.25, -0.2) is 9.59 Å². The van der Waals surface area contributed by atoms with Gasteiger partial charge in [0, 0.05) is 0 Å². The summed E-state index contributed by atoms with van der Waals surface area (Å²) in [4.78, 5) is 23.0. The molecule has 0 heterocycles. The SMILES string of the molecule is COC(=O)c1ccc(Oc2ccc(OC(=O)OC(C)(C)C)cc2)cc1. The summed E-state index contributed by atoms with van der Waals surface area (Å²) < 4.78 is 20.5. The van der Waals surface area contributed by atoms with Crippen LogP contribution in [0.25, 0.3) is 0 Å². The predicted molar refractivity (Wildman–Crippen MR) is 91.2 cm³/mol. The lowest BCUT2D eigenvalue weighted by Gasteiger charge is -2.18. The van der Waals surface area contributed by atoms with E-state index in [1.807, 2.05) is 0 Å². The molecule has 0 spiro atoms. The average Bonchev–Trinajstić information content (AvgIpc) is 2.55. The molecule has 0 saturated heterocycles. The maximum Gasteiger partial charge on any atom is 0.514 e. The Morgan fingerprint density at radius 1 is 0.800 bits per heavy atom. The highest BCUT2D eigenvalue weighted by Gasteiger charge is 2.18. The third-order valence-electron chi connectivity index (χ3n) is 2.93. The van der Waals surface area contributed by atoms with E-state index in [1.54, 1.807) is 69.3 Å². The Labute approximate surface area is 146 Å². The van der Waals surface area contributed by atoms with Crippen LogP contribution in [0.1, 0.15) is 31.1 Å². The van der Waals surface area contributed by atoms with Crippen LogP contribution in [-0.4, -0.2) is 24.8 Å². The summed E-state index contributed by atoms with van der Waals surface area (Å²) in [5.74, 6) is 1.06. The molecule has 2 aromatic rings. The number of benzene rings is 2. The minimum atomic E-state index is -0.764. The molecule has 0 radical (unpaired) electrons. The van der Waals surface area contributed by atoms with E-state index in [2.05, 4.69) is 4.74 Å². The van der Waals surface area contributed by atoms with Crippen LogP contribution >= 0.6 is 0 Å². The first-order valence-corrected chi connectivity index (χ1v) is 7.64. The Morgan fingerprint density at radius 3 is 1.76 bits per heavy atom. The molecular formula is C19H20O6. The van der Waals surface area contributed by atoms with Crippen molar-refractivity contribution in [3.05, 3.63) is 54.1 Å². The minimum Gasteiger partial charge on any atom is -0.465 e. The van der Waals surface area contributed by atoms with Crippen molar-refractivity contribution in [3.8, 4) is 17.2 Å². The zero-order valence-electron chi connectivity index (χ0n) is 14.6. The second-order valence-electron chi connectivity index (χ2n) is 6.16. The van der Waals surface area contributed by atoms with Crippen LogP contribution in [-0.2, 0) is 9.47 Å². The molecule has 0 aliphatic carbocycles. The topological polar surface area (TPSA) is 71.1 Å². The molecule has 25 heavy (non-hydrogen) atoms. The van der Waals surface area contributed by atoms with Crippen molar-refractivity contribution in [2.45, 2.75) is 26.4 Å². The van der Waals surface area contributed by atoms with Crippen molar-refractivity contribution in [2.75, 3.05) is 7.11 Å². The van der Waals surface area contributed by atoms with Gasteiger partial charge in [0.05, 0.1) is 12.7 Å². The first-order valence-electron chi connectivity index (χ1n) is 7.64. The van der Waals surface area contributed by atoms with E-state index < -0.39 is 17.7 Å². The van der Waals surface area contributed by atoms with Crippen molar-refractivity contribution in [1.82, 2.24) is 0 Å². The van der Waals surface area contributed by atoms with E-state index >= 15 is 0 Å². The van der Waals surface area contributed by atoms with Gasteiger partial charge < -0.3 is 18.9 Å². The lowest BCUT2D eigenvalue weighted by Crippen LogP contribution is -2.25. The highest BCUT2D eigenvalue weighted by molar-refractivity contribution is 5.89.